The van der Waals surface area contributed by atoms with Crippen molar-refractivity contribution in [3.63, 3.8) is 0 Å². The molecular weight excluding hydrogens is 414 g/mol. The summed E-state index contributed by atoms with van der Waals surface area (Å²) >= 11 is 0. The Morgan fingerprint density at radius 2 is 1.52 bits per heavy atom. The molecule has 3 rings (SSSR count). The van der Waals surface area contributed by atoms with Crippen molar-refractivity contribution in [2.75, 3.05) is 52.5 Å². The van der Waals surface area contributed by atoms with E-state index in [-0.39, 0.29) is 9.79 Å². The van der Waals surface area contributed by atoms with Crippen molar-refractivity contribution in [1.29, 1.82) is 0 Å². The maximum Gasteiger partial charge on any atom is 0.243 e. The molecule has 0 amide bonds. The average Bonchev–Trinajstić information content (AvgIpc) is 2.68. The Balaban J connectivity index is 1.59. The predicted molar refractivity (Wildman–Crippen MR) is 111 cm³/mol. The van der Waals surface area contributed by atoms with Crippen molar-refractivity contribution in [2.24, 2.45) is 11.8 Å². The number of hydrogen-bond donors (Lipinski definition) is 1. The van der Waals surface area contributed by atoms with Crippen molar-refractivity contribution >= 4 is 20.0 Å². The van der Waals surface area contributed by atoms with Crippen LogP contribution in [0.2, 0.25) is 0 Å². The van der Waals surface area contributed by atoms with E-state index in [1.165, 1.54) is 35.0 Å². The second kappa shape index (κ2) is 9.40. The molecule has 0 bridgehead atoms. The Morgan fingerprint density at radius 1 is 0.966 bits per heavy atom. The zero-order valence-corrected chi connectivity index (χ0v) is 18.7. The van der Waals surface area contributed by atoms with E-state index in [4.69, 9.17) is 4.74 Å². The number of piperidine rings is 1. The Bertz CT molecular complexity index is 871. The predicted octanol–water partition coefficient (Wildman–Crippen LogP) is 0.964. The summed E-state index contributed by atoms with van der Waals surface area (Å²) in [4.78, 5) is 2.45. The van der Waals surface area contributed by atoms with Crippen LogP contribution in [0.15, 0.2) is 34.1 Å². The van der Waals surface area contributed by atoms with Crippen LogP contribution in [0.3, 0.4) is 0 Å². The number of morpholine rings is 1. The summed E-state index contributed by atoms with van der Waals surface area (Å²) in [6.45, 7) is 8.75. The molecule has 2 fully saturated rings. The van der Waals surface area contributed by atoms with Gasteiger partial charge in [0, 0.05) is 39.3 Å². The normalized spacial score (nSPS) is 25.2. The average molecular weight is 446 g/mol. The lowest BCUT2D eigenvalue weighted by Gasteiger charge is -2.34. The smallest absolute Gasteiger partial charge is 0.243 e. The molecule has 1 aromatic rings. The molecule has 8 nitrogen and oxygen atoms in total. The summed E-state index contributed by atoms with van der Waals surface area (Å²) in [6.07, 6.45) is 1.21. The second-order valence-electron chi connectivity index (χ2n) is 8.09. The summed E-state index contributed by atoms with van der Waals surface area (Å²) in [5.74, 6) is 1.24. The maximum atomic E-state index is 12.6. The van der Waals surface area contributed by atoms with Gasteiger partial charge in [0.25, 0.3) is 0 Å². The van der Waals surface area contributed by atoms with Gasteiger partial charge in [-0.25, -0.2) is 21.6 Å². The third-order valence-electron chi connectivity index (χ3n) is 5.41. The topological polar surface area (TPSA) is 96.0 Å². The van der Waals surface area contributed by atoms with Crippen molar-refractivity contribution in [3.8, 4) is 0 Å². The van der Waals surface area contributed by atoms with E-state index in [0.717, 1.165) is 13.1 Å². The molecule has 2 heterocycles. The number of benzene rings is 1. The number of sulfonamides is 2. The Kier molecular flexibility index (Phi) is 7.34. The van der Waals surface area contributed by atoms with E-state index in [0.29, 0.717) is 51.2 Å². The summed E-state index contributed by atoms with van der Waals surface area (Å²) < 4.78 is 59.6. The molecular formula is C19H31N3O5S2. The summed E-state index contributed by atoms with van der Waals surface area (Å²) in [6, 6.07) is 5.40. The molecule has 2 saturated heterocycles. The SMILES string of the molecule is C[C@H]1C[C@H](C)CN(CCNS(=O)(=O)c2ccc(S(=O)(=O)N3CCOCC3)cc2)C1. The van der Waals surface area contributed by atoms with E-state index in [1.807, 2.05) is 0 Å². The fourth-order valence-electron chi connectivity index (χ4n) is 4.12. The third kappa shape index (κ3) is 5.77. The van der Waals surface area contributed by atoms with Gasteiger partial charge in [0.15, 0.2) is 0 Å². The zero-order valence-electron chi connectivity index (χ0n) is 17.1. The van der Waals surface area contributed by atoms with Gasteiger partial charge in [-0.3, -0.25) is 0 Å². The van der Waals surface area contributed by atoms with Crippen molar-refractivity contribution in [3.05, 3.63) is 24.3 Å². The Labute approximate surface area is 174 Å². The fourth-order valence-corrected chi connectivity index (χ4v) is 6.55. The van der Waals surface area contributed by atoms with Crippen LogP contribution in [0.1, 0.15) is 20.3 Å². The molecule has 1 aromatic carbocycles. The first-order valence-electron chi connectivity index (χ1n) is 10.1. The first-order chi connectivity index (χ1) is 13.7. The second-order valence-corrected chi connectivity index (χ2v) is 11.8. The van der Waals surface area contributed by atoms with Gasteiger partial charge in [-0.05, 0) is 42.5 Å². The first kappa shape index (κ1) is 22.6. The number of likely N-dealkylation sites (tertiary alicyclic amines) is 1. The van der Waals surface area contributed by atoms with E-state index in [9.17, 15) is 16.8 Å². The minimum atomic E-state index is -3.68. The van der Waals surface area contributed by atoms with Gasteiger partial charge in [0.2, 0.25) is 20.0 Å². The van der Waals surface area contributed by atoms with Crippen LogP contribution in [0.5, 0.6) is 0 Å². The number of rotatable bonds is 7. The van der Waals surface area contributed by atoms with Gasteiger partial charge in [-0.15, -0.1) is 0 Å². The number of nitrogens with one attached hydrogen (secondary N) is 1. The minimum absolute atomic E-state index is 0.0683. The number of ether oxygens (including phenoxy) is 1. The molecule has 2 aliphatic rings. The van der Waals surface area contributed by atoms with Crippen LogP contribution in [0.4, 0.5) is 0 Å². The van der Waals surface area contributed by atoms with Crippen LogP contribution in [-0.2, 0) is 24.8 Å². The quantitative estimate of drug-likeness (QED) is 0.672. The molecule has 0 unspecified atom stereocenters. The minimum Gasteiger partial charge on any atom is -0.379 e. The number of hydrogen-bond acceptors (Lipinski definition) is 6. The number of nitrogens with zero attached hydrogens (tertiary/aromatic N) is 2. The lowest BCUT2D eigenvalue weighted by atomic mass is 9.92. The third-order valence-corrected chi connectivity index (χ3v) is 8.80. The van der Waals surface area contributed by atoms with Gasteiger partial charge >= 0.3 is 0 Å². The molecule has 0 radical (unpaired) electrons. The lowest BCUT2D eigenvalue weighted by molar-refractivity contribution is 0.0730. The fraction of sp³-hybridized carbons (Fsp3) is 0.684. The highest BCUT2D eigenvalue weighted by Crippen LogP contribution is 2.21. The zero-order chi connectivity index (χ0) is 21.1. The lowest BCUT2D eigenvalue weighted by Crippen LogP contribution is -2.42. The summed E-state index contributed by atoms with van der Waals surface area (Å²) in [7, 11) is -7.32. The monoisotopic (exact) mass is 445 g/mol. The highest BCUT2D eigenvalue weighted by molar-refractivity contribution is 7.89. The molecule has 1 N–H and O–H groups in total. The van der Waals surface area contributed by atoms with Gasteiger partial charge < -0.3 is 9.64 Å². The van der Waals surface area contributed by atoms with Crippen LogP contribution in [-0.4, -0.2) is 78.5 Å². The van der Waals surface area contributed by atoms with E-state index < -0.39 is 20.0 Å². The van der Waals surface area contributed by atoms with Crippen LogP contribution in [0, 0.1) is 11.8 Å². The molecule has 0 aliphatic carbocycles. The molecule has 10 heteroatoms. The summed E-state index contributed by atoms with van der Waals surface area (Å²) in [5, 5.41) is 0. The van der Waals surface area contributed by atoms with Gasteiger partial charge in [-0.1, -0.05) is 13.8 Å². The molecule has 164 valence electrons. The standard InChI is InChI=1S/C19H31N3O5S2/c1-16-13-17(2)15-21(14-16)8-7-20-28(23,24)18-3-5-19(6-4-18)29(25,26)22-9-11-27-12-10-22/h3-6,16-17,20H,7-15H2,1-2H3/t16-,17-/m0/s1. The molecule has 2 atom stereocenters. The first-order valence-corrected chi connectivity index (χ1v) is 13.0. The van der Waals surface area contributed by atoms with E-state index in [2.05, 4.69) is 23.5 Å². The highest BCUT2D eigenvalue weighted by Gasteiger charge is 2.27. The molecule has 0 saturated carbocycles. The van der Waals surface area contributed by atoms with Gasteiger partial charge in [-0.2, -0.15) is 4.31 Å². The van der Waals surface area contributed by atoms with E-state index >= 15 is 0 Å². The molecule has 0 aromatic heterocycles. The molecule has 0 spiro atoms. The van der Waals surface area contributed by atoms with Gasteiger partial charge in [0.1, 0.15) is 0 Å². The van der Waals surface area contributed by atoms with Crippen LogP contribution < -0.4 is 4.72 Å². The summed E-state index contributed by atoms with van der Waals surface area (Å²) in [5.41, 5.74) is 0. The van der Waals surface area contributed by atoms with Crippen LogP contribution in [0.25, 0.3) is 0 Å². The maximum absolute atomic E-state index is 12.6. The van der Waals surface area contributed by atoms with Crippen molar-refractivity contribution in [2.45, 2.75) is 30.1 Å². The molecule has 2 aliphatic heterocycles. The largest absolute Gasteiger partial charge is 0.379 e. The van der Waals surface area contributed by atoms with Crippen molar-refractivity contribution < 1.29 is 21.6 Å². The van der Waals surface area contributed by atoms with Gasteiger partial charge in [0.05, 0.1) is 23.0 Å². The highest BCUT2D eigenvalue weighted by atomic mass is 32.2. The molecule has 29 heavy (non-hydrogen) atoms. The van der Waals surface area contributed by atoms with Crippen LogP contribution >= 0.6 is 0 Å². The Morgan fingerprint density at radius 3 is 2.10 bits per heavy atom. The van der Waals surface area contributed by atoms with E-state index in [1.54, 1.807) is 0 Å². The Hall–Kier alpha value is -1.04. The van der Waals surface area contributed by atoms with Crippen molar-refractivity contribution in [1.82, 2.24) is 13.9 Å².